The molecule has 0 N–H and O–H groups in total. The number of pyridine rings is 2. The number of aryl methyl sites for hydroxylation is 2. The fraction of sp³-hybridized carbons (Fsp3) is 0.192. The third-order valence-corrected chi connectivity index (χ3v) is 6.10. The van der Waals surface area contributed by atoms with Crippen LogP contribution in [0.2, 0.25) is 0 Å². The number of aromatic nitrogens is 5. The molecule has 0 saturated carbocycles. The minimum absolute atomic E-state index is 0.591. The highest BCUT2D eigenvalue weighted by atomic mass is 32.2. The smallest absolute Gasteiger partial charge is 0.191 e. The zero-order valence-electron chi connectivity index (χ0n) is 19.6. The molecule has 0 aliphatic carbocycles. The molecule has 0 aliphatic heterocycles. The number of ether oxygens (including phenoxy) is 2. The molecule has 0 amide bonds. The Kier molecular flexibility index (Phi) is 5.75. The number of hydrogen-bond donors (Lipinski definition) is 0. The fourth-order valence-electron chi connectivity index (χ4n) is 3.96. The molecule has 0 radical (unpaired) electrons. The highest BCUT2D eigenvalue weighted by Gasteiger charge is 2.14. The van der Waals surface area contributed by atoms with Crippen molar-refractivity contribution in [3.63, 3.8) is 0 Å². The van der Waals surface area contributed by atoms with Crippen LogP contribution in [0.5, 0.6) is 11.5 Å². The Balaban J connectivity index is 1.67. The van der Waals surface area contributed by atoms with Gasteiger partial charge in [-0.25, -0.2) is 15.0 Å². The van der Waals surface area contributed by atoms with Crippen LogP contribution in [0.4, 0.5) is 0 Å². The van der Waals surface area contributed by atoms with Crippen molar-refractivity contribution in [3.05, 3.63) is 59.9 Å². The number of rotatable bonds is 5. The average Bonchev–Trinajstić information content (AvgIpc) is 2.86. The summed E-state index contributed by atoms with van der Waals surface area (Å²) in [6.07, 6.45) is 1.95. The standard InChI is InChI=1S/C26H23N5O2S/c1-14-10-22(32-3)18-12-16(6-8-20(18)27-14)24-29-25(31-26(30-24)34-5)17-7-9-21-19(13-17)23(33-4)11-15(2)28-21/h6-13H,1-5H3. The van der Waals surface area contributed by atoms with Gasteiger partial charge in [-0.1, -0.05) is 11.8 Å². The van der Waals surface area contributed by atoms with E-state index in [0.717, 1.165) is 55.8 Å². The van der Waals surface area contributed by atoms with Crippen LogP contribution in [0.1, 0.15) is 11.4 Å². The Morgan fingerprint density at radius 1 is 0.618 bits per heavy atom. The first-order valence-electron chi connectivity index (χ1n) is 10.7. The van der Waals surface area contributed by atoms with Gasteiger partial charge in [0.15, 0.2) is 16.8 Å². The zero-order chi connectivity index (χ0) is 23.8. The van der Waals surface area contributed by atoms with E-state index in [-0.39, 0.29) is 0 Å². The van der Waals surface area contributed by atoms with Gasteiger partial charge in [0.05, 0.1) is 25.3 Å². The van der Waals surface area contributed by atoms with Crippen LogP contribution in [-0.4, -0.2) is 45.4 Å². The van der Waals surface area contributed by atoms with Crippen molar-refractivity contribution < 1.29 is 9.47 Å². The topological polar surface area (TPSA) is 82.9 Å². The molecule has 0 bridgehead atoms. The van der Waals surface area contributed by atoms with Crippen LogP contribution in [0.3, 0.4) is 0 Å². The predicted molar refractivity (Wildman–Crippen MR) is 136 cm³/mol. The highest BCUT2D eigenvalue weighted by Crippen LogP contribution is 2.32. The first kappa shape index (κ1) is 22.0. The Morgan fingerprint density at radius 3 is 1.50 bits per heavy atom. The second kappa shape index (κ2) is 8.87. The molecule has 0 atom stereocenters. The van der Waals surface area contributed by atoms with Crippen molar-refractivity contribution in [3.8, 4) is 34.3 Å². The summed E-state index contributed by atoms with van der Waals surface area (Å²) in [6, 6.07) is 15.8. The Labute approximate surface area is 201 Å². The van der Waals surface area contributed by atoms with Gasteiger partial charge >= 0.3 is 0 Å². The van der Waals surface area contributed by atoms with Gasteiger partial charge in [0, 0.05) is 45.4 Å². The summed E-state index contributed by atoms with van der Waals surface area (Å²) in [5.74, 6) is 2.72. The van der Waals surface area contributed by atoms with Crippen LogP contribution in [-0.2, 0) is 0 Å². The number of thioether (sulfide) groups is 1. The quantitative estimate of drug-likeness (QED) is 0.305. The highest BCUT2D eigenvalue weighted by molar-refractivity contribution is 7.98. The van der Waals surface area contributed by atoms with Crippen molar-refractivity contribution >= 4 is 33.6 Å². The summed E-state index contributed by atoms with van der Waals surface area (Å²) >= 11 is 1.48. The van der Waals surface area contributed by atoms with E-state index in [1.807, 2.05) is 68.6 Å². The number of nitrogens with zero attached hydrogens (tertiary/aromatic N) is 5. The van der Waals surface area contributed by atoms with Crippen LogP contribution >= 0.6 is 11.8 Å². The van der Waals surface area contributed by atoms with Crippen molar-refractivity contribution in [1.82, 2.24) is 24.9 Å². The first-order chi connectivity index (χ1) is 16.5. The molecule has 5 rings (SSSR count). The molecule has 7 nitrogen and oxygen atoms in total. The number of hydrogen-bond acceptors (Lipinski definition) is 8. The molecular weight excluding hydrogens is 446 g/mol. The largest absolute Gasteiger partial charge is 0.496 e. The maximum atomic E-state index is 5.59. The molecule has 0 spiro atoms. The van der Waals surface area contributed by atoms with E-state index in [1.165, 1.54) is 11.8 Å². The Hall–Kier alpha value is -3.78. The van der Waals surface area contributed by atoms with Crippen LogP contribution in [0.15, 0.2) is 53.7 Å². The van der Waals surface area contributed by atoms with E-state index in [0.29, 0.717) is 16.8 Å². The minimum Gasteiger partial charge on any atom is -0.496 e. The SMILES string of the molecule is COc1cc(C)nc2ccc(-c3nc(SC)nc(-c4ccc5nc(C)cc(OC)c5c4)n3)cc12. The van der Waals surface area contributed by atoms with E-state index in [2.05, 4.69) is 19.9 Å². The molecule has 0 unspecified atom stereocenters. The summed E-state index contributed by atoms with van der Waals surface area (Å²) in [6.45, 7) is 3.91. The lowest BCUT2D eigenvalue weighted by atomic mass is 10.1. The van der Waals surface area contributed by atoms with Gasteiger partial charge in [-0.05, 0) is 56.5 Å². The van der Waals surface area contributed by atoms with Crippen molar-refractivity contribution in [2.45, 2.75) is 19.0 Å². The second-order valence-electron chi connectivity index (χ2n) is 7.86. The fourth-order valence-corrected chi connectivity index (χ4v) is 4.32. The number of benzene rings is 2. The lowest BCUT2D eigenvalue weighted by Gasteiger charge is -2.11. The summed E-state index contributed by atoms with van der Waals surface area (Å²) in [4.78, 5) is 23.4. The van der Waals surface area contributed by atoms with E-state index in [1.54, 1.807) is 14.2 Å². The zero-order valence-corrected chi connectivity index (χ0v) is 20.4. The molecule has 3 heterocycles. The maximum absolute atomic E-state index is 5.59. The maximum Gasteiger partial charge on any atom is 0.191 e. The Bertz CT molecular complexity index is 1440. The van der Waals surface area contributed by atoms with E-state index >= 15 is 0 Å². The lowest BCUT2D eigenvalue weighted by molar-refractivity contribution is 0.419. The van der Waals surface area contributed by atoms with Crippen LogP contribution in [0, 0.1) is 13.8 Å². The van der Waals surface area contributed by atoms with Gasteiger partial charge in [-0.3, -0.25) is 9.97 Å². The molecular formula is C26H23N5O2S. The van der Waals surface area contributed by atoms with Crippen LogP contribution in [0.25, 0.3) is 44.6 Å². The molecule has 0 aliphatic rings. The second-order valence-corrected chi connectivity index (χ2v) is 8.64. The molecule has 3 aromatic heterocycles. The molecule has 0 fully saturated rings. The monoisotopic (exact) mass is 469 g/mol. The normalized spacial score (nSPS) is 11.2. The molecule has 8 heteroatoms. The molecule has 2 aromatic carbocycles. The first-order valence-corrected chi connectivity index (χ1v) is 11.9. The predicted octanol–water partition coefficient (Wildman–Crippen LogP) is 5.66. The summed E-state index contributed by atoms with van der Waals surface area (Å²) < 4.78 is 11.2. The number of methoxy groups -OCH3 is 2. The average molecular weight is 470 g/mol. The van der Waals surface area contributed by atoms with E-state index in [9.17, 15) is 0 Å². The third-order valence-electron chi connectivity index (χ3n) is 5.55. The molecule has 34 heavy (non-hydrogen) atoms. The molecule has 5 aromatic rings. The van der Waals surface area contributed by atoms with E-state index < -0.39 is 0 Å². The van der Waals surface area contributed by atoms with Crippen molar-refractivity contribution in [1.29, 1.82) is 0 Å². The lowest BCUT2D eigenvalue weighted by Crippen LogP contribution is -2.00. The van der Waals surface area contributed by atoms with E-state index in [4.69, 9.17) is 14.5 Å². The molecule has 170 valence electrons. The summed E-state index contributed by atoms with van der Waals surface area (Å²) in [5, 5.41) is 2.47. The Morgan fingerprint density at radius 2 is 1.09 bits per heavy atom. The minimum atomic E-state index is 0.591. The number of fused-ring (bicyclic) bond motifs is 2. The van der Waals surface area contributed by atoms with Gasteiger partial charge in [0.1, 0.15) is 11.5 Å². The van der Waals surface area contributed by atoms with Gasteiger partial charge in [-0.2, -0.15) is 0 Å². The van der Waals surface area contributed by atoms with Crippen LogP contribution < -0.4 is 9.47 Å². The van der Waals surface area contributed by atoms with Crippen molar-refractivity contribution in [2.24, 2.45) is 0 Å². The molecule has 0 saturated heterocycles. The van der Waals surface area contributed by atoms with Gasteiger partial charge < -0.3 is 9.47 Å². The summed E-state index contributed by atoms with van der Waals surface area (Å²) in [7, 11) is 3.33. The van der Waals surface area contributed by atoms with Gasteiger partial charge in [-0.15, -0.1) is 0 Å². The third kappa shape index (κ3) is 4.01. The van der Waals surface area contributed by atoms with Gasteiger partial charge in [0.25, 0.3) is 0 Å². The summed E-state index contributed by atoms with van der Waals surface area (Å²) in [5.41, 5.74) is 5.27. The van der Waals surface area contributed by atoms with Gasteiger partial charge in [0.2, 0.25) is 0 Å². The van der Waals surface area contributed by atoms with Crippen molar-refractivity contribution in [2.75, 3.05) is 20.5 Å².